The first-order chi connectivity index (χ1) is 10.2. The van der Waals surface area contributed by atoms with Crippen LogP contribution < -0.4 is 10.2 Å². The molecule has 0 saturated heterocycles. The molecule has 0 fully saturated rings. The lowest BCUT2D eigenvalue weighted by molar-refractivity contribution is 0.256. The average molecular weight is 423 g/mol. The van der Waals surface area contributed by atoms with E-state index in [9.17, 15) is 9.13 Å². The Bertz CT molecular complexity index is 355. The van der Waals surface area contributed by atoms with Crippen molar-refractivity contribution in [3.63, 3.8) is 0 Å². The smallest absolute Gasteiger partial charge is 0.312 e. The van der Waals surface area contributed by atoms with Gasteiger partial charge in [0.25, 0.3) is 0 Å². The molecule has 22 heavy (non-hydrogen) atoms. The summed E-state index contributed by atoms with van der Waals surface area (Å²) in [6.45, 7) is 1.20. The van der Waals surface area contributed by atoms with Gasteiger partial charge in [0.1, 0.15) is 0 Å². The summed E-state index contributed by atoms with van der Waals surface area (Å²) >= 11 is 16.1. The first-order valence-electron chi connectivity index (χ1n) is 6.17. The number of alkyl halides is 3. The maximum atomic E-state index is 11.5. The van der Waals surface area contributed by atoms with Gasteiger partial charge in [-0.05, 0) is 7.05 Å². The molecule has 0 bridgehead atoms. The summed E-state index contributed by atoms with van der Waals surface area (Å²) in [7, 11) is -2.41. The van der Waals surface area contributed by atoms with Crippen LogP contribution in [0, 0.1) is 0 Å². The zero-order valence-corrected chi connectivity index (χ0v) is 16.9. The van der Waals surface area contributed by atoms with Crippen LogP contribution in [-0.2, 0) is 18.2 Å². The summed E-state index contributed by atoms with van der Waals surface area (Å²) in [6, 6.07) is 0. The lowest BCUT2D eigenvalue weighted by atomic mass is 10.8. The zero-order chi connectivity index (χ0) is 17.6. The van der Waals surface area contributed by atoms with Crippen molar-refractivity contribution in [3.8, 4) is 0 Å². The second kappa shape index (κ2) is 14.4. The quantitative estimate of drug-likeness (QED) is 0.344. The fourth-order valence-electron chi connectivity index (χ4n) is 0.952. The summed E-state index contributed by atoms with van der Waals surface area (Å²) in [4.78, 5) is 8.92. The zero-order valence-electron chi connectivity index (χ0n) is 12.8. The van der Waals surface area contributed by atoms with Gasteiger partial charge in [-0.3, -0.25) is 4.57 Å². The van der Waals surface area contributed by atoms with Crippen molar-refractivity contribution < 1.29 is 23.1 Å². The largest absolute Gasteiger partial charge is 0.405 e. The normalized spacial score (nSPS) is 14.4. The van der Waals surface area contributed by atoms with Crippen molar-refractivity contribution in [1.82, 2.24) is 14.8 Å². The second-order valence-corrected chi connectivity index (χ2v) is 8.94. The average Bonchev–Trinajstić information content (AvgIpc) is 2.51. The van der Waals surface area contributed by atoms with E-state index >= 15 is 0 Å². The van der Waals surface area contributed by atoms with Gasteiger partial charge in [-0.25, -0.2) is 19.4 Å². The molecule has 0 amide bonds. The summed E-state index contributed by atoms with van der Waals surface area (Å²) in [5.41, 5.74) is 0. The van der Waals surface area contributed by atoms with Crippen LogP contribution in [-0.4, -0.2) is 68.1 Å². The molecule has 0 heterocycles. The fraction of sp³-hybridized carbons (Fsp3) is 1.00. The molecule has 0 aliphatic heterocycles. The van der Waals surface area contributed by atoms with E-state index < -0.39 is 15.4 Å². The molecule has 0 aromatic heterocycles. The maximum Gasteiger partial charge on any atom is 0.405 e. The van der Waals surface area contributed by atoms with Gasteiger partial charge in [-0.2, -0.15) is 0 Å². The molecule has 0 spiro atoms. The van der Waals surface area contributed by atoms with Gasteiger partial charge >= 0.3 is 15.4 Å². The van der Waals surface area contributed by atoms with Gasteiger partial charge in [0.05, 0.1) is 0 Å². The molecule has 0 radical (unpaired) electrons. The molecule has 136 valence electrons. The van der Waals surface area contributed by atoms with Crippen LogP contribution in [0.4, 0.5) is 0 Å². The maximum absolute atomic E-state index is 11.5. The Morgan fingerprint density at radius 1 is 1.00 bits per heavy atom. The van der Waals surface area contributed by atoms with Gasteiger partial charge in [-0.1, -0.05) is 0 Å². The van der Waals surface area contributed by atoms with Crippen molar-refractivity contribution in [2.24, 2.45) is 0 Å². The molecule has 0 saturated carbocycles. The minimum atomic E-state index is -3.53. The summed E-state index contributed by atoms with van der Waals surface area (Å²) < 4.78 is 32.7. The molecule has 0 rings (SSSR count). The van der Waals surface area contributed by atoms with E-state index in [1.165, 1.54) is 25.9 Å². The number of rotatable bonds is 11. The van der Waals surface area contributed by atoms with Gasteiger partial charge < -0.3 is 13.9 Å². The lowest BCUT2D eigenvalue weighted by Gasteiger charge is -2.18. The molecule has 13 heteroatoms. The third-order valence-corrected chi connectivity index (χ3v) is 6.04. The van der Waals surface area contributed by atoms with Crippen LogP contribution in [0.1, 0.15) is 0 Å². The SMILES string of the molecule is COP(=O)(NCCCl)NCCCl.COP(=O)(O)N(C)CCCl. The number of nitrogens with zero attached hydrogens (tertiary/aromatic N) is 1. The second-order valence-electron chi connectivity index (χ2n) is 3.67. The van der Waals surface area contributed by atoms with E-state index in [2.05, 4.69) is 14.7 Å². The summed E-state index contributed by atoms with van der Waals surface area (Å²) in [5, 5.41) is 5.32. The molecule has 0 aliphatic carbocycles. The highest BCUT2D eigenvalue weighted by molar-refractivity contribution is 7.54. The number of nitrogens with one attached hydrogen (secondary N) is 2. The van der Waals surface area contributed by atoms with Gasteiger partial charge in [-0.15, -0.1) is 34.8 Å². The molecular formula is C9H24Cl3N3O5P2. The topological polar surface area (TPSA) is 100 Å². The van der Waals surface area contributed by atoms with Crippen molar-refractivity contribution in [3.05, 3.63) is 0 Å². The minimum Gasteiger partial charge on any atom is -0.312 e. The van der Waals surface area contributed by atoms with Crippen molar-refractivity contribution in [2.75, 3.05) is 58.5 Å². The van der Waals surface area contributed by atoms with Crippen LogP contribution in [0.5, 0.6) is 0 Å². The van der Waals surface area contributed by atoms with Crippen LogP contribution >= 0.6 is 50.2 Å². The van der Waals surface area contributed by atoms with Gasteiger partial charge in [0.2, 0.25) is 0 Å². The van der Waals surface area contributed by atoms with Crippen molar-refractivity contribution >= 4 is 50.2 Å². The molecule has 0 aromatic rings. The summed E-state index contributed by atoms with van der Waals surface area (Å²) in [5.74, 6) is 1.08. The van der Waals surface area contributed by atoms with Gasteiger partial charge in [0, 0.05) is 51.5 Å². The predicted molar refractivity (Wildman–Crippen MR) is 92.2 cm³/mol. The Morgan fingerprint density at radius 3 is 1.73 bits per heavy atom. The summed E-state index contributed by atoms with van der Waals surface area (Å²) in [6.07, 6.45) is 0. The predicted octanol–water partition coefficient (Wildman–Crippen LogP) is 2.30. The van der Waals surface area contributed by atoms with E-state index in [-0.39, 0.29) is 0 Å². The van der Waals surface area contributed by atoms with E-state index in [4.69, 9.17) is 44.2 Å². The first-order valence-corrected chi connectivity index (χ1v) is 10.9. The first kappa shape index (κ1) is 25.3. The highest BCUT2D eigenvalue weighted by atomic mass is 35.5. The standard InChI is InChI=1S/C5H13Cl2N2O2P.C4H11ClNO3P/c1-11-12(10,8-4-2-6)9-5-3-7;1-6(4-3-5)10(7,8)9-2/h2-5H2,1H3,(H2,8,9,10);3-4H2,1-2H3,(H,7,8). The van der Waals surface area contributed by atoms with Crippen molar-refractivity contribution in [1.29, 1.82) is 0 Å². The molecule has 3 N–H and O–H groups in total. The molecule has 0 aromatic carbocycles. The Labute approximate surface area is 146 Å². The van der Waals surface area contributed by atoms with E-state index in [0.29, 0.717) is 37.3 Å². The highest BCUT2D eigenvalue weighted by Gasteiger charge is 2.23. The molecule has 1 atom stereocenters. The van der Waals surface area contributed by atoms with Crippen LogP contribution in [0.3, 0.4) is 0 Å². The lowest BCUT2D eigenvalue weighted by Crippen LogP contribution is -2.26. The van der Waals surface area contributed by atoms with Crippen LogP contribution in [0.25, 0.3) is 0 Å². The minimum absolute atomic E-state index is 0.310. The third kappa shape index (κ3) is 12.5. The number of halogens is 3. The van der Waals surface area contributed by atoms with Gasteiger partial charge in [0.15, 0.2) is 0 Å². The molecule has 1 unspecified atom stereocenters. The van der Waals surface area contributed by atoms with Crippen LogP contribution in [0.2, 0.25) is 0 Å². The van der Waals surface area contributed by atoms with E-state index in [1.807, 2.05) is 0 Å². The molecule has 8 nitrogen and oxygen atoms in total. The number of hydrogen-bond acceptors (Lipinski definition) is 4. The highest BCUT2D eigenvalue weighted by Crippen LogP contribution is 2.43. The Hall–Kier alpha value is 1.09. The molecule has 0 aliphatic rings. The number of hydrogen-bond donors (Lipinski definition) is 3. The van der Waals surface area contributed by atoms with E-state index in [0.717, 1.165) is 0 Å². The third-order valence-electron chi connectivity index (χ3n) is 2.16. The molecular weight excluding hydrogens is 398 g/mol. The van der Waals surface area contributed by atoms with Crippen LogP contribution in [0.15, 0.2) is 0 Å². The Kier molecular flexibility index (Phi) is 16.6. The fourth-order valence-corrected chi connectivity index (χ4v) is 3.59. The van der Waals surface area contributed by atoms with E-state index in [1.54, 1.807) is 0 Å². The Balaban J connectivity index is 0. The Morgan fingerprint density at radius 2 is 1.45 bits per heavy atom. The van der Waals surface area contributed by atoms with Crippen molar-refractivity contribution in [2.45, 2.75) is 0 Å². The monoisotopic (exact) mass is 421 g/mol.